The van der Waals surface area contributed by atoms with E-state index in [0.29, 0.717) is 29.6 Å². The Morgan fingerprint density at radius 3 is 2.54 bits per heavy atom. The van der Waals surface area contributed by atoms with Crippen molar-refractivity contribution < 1.29 is 9.53 Å². The number of hydrogen-bond donors (Lipinski definition) is 0. The normalized spacial score (nSPS) is 23.3. The third kappa shape index (κ3) is 3.26. The molecule has 0 radical (unpaired) electrons. The van der Waals surface area contributed by atoms with Crippen LogP contribution in [-0.2, 0) is 4.74 Å². The average Bonchev–Trinajstić information content (AvgIpc) is 3.34. The predicted molar refractivity (Wildman–Crippen MR) is 101 cm³/mol. The molecule has 1 saturated heterocycles. The number of rotatable bonds is 3. The van der Waals surface area contributed by atoms with Gasteiger partial charge in [0.25, 0.3) is 5.91 Å². The lowest BCUT2D eigenvalue weighted by molar-refractivity contribution is -0.0586. The summed E-state index contributed by atoms with van der Waals surface area (Å²) in [6.45, 7) is 7.24. The third-order valence-electron chi connectivity index (χ3n) is 5.11. The number of hydrogen-bond acceptors (Lipinski definition) is 3. The van der Waals surface area contributed by atoms with Crippen LogP contribution < -0.4 is 0 Å². The Morgan fingerprint density at radius 2 is 1.92 bits per heavy atom. The van der Waals surface area contributed by atoms with Crippen LogP contribution in [0.3, 0.4) is 0 Å². The number of aromatic nitrogens is 2. The number of ether oxygens (including phenoxy) is 1. The van der Waals surface area contributed by atoms with E-state index < -0.39 is 0 Å². The second kappa shape index (κ2) is 6.71. The van der Waals surface area contributed by atoms with Gasteiger partial charge in [0.15, 0.2) is 0 Å². The second-order valence-corrected chi connectivity index (χ2v) is 7.94. The first-order chi connectivity index (χ1) is 12.4. The van der Waals surface area contributed by atoms with E-state index in [2.05, 4.69) is 5.10 Å². The molecule has 6 heteroatoms. The molecule has 2 aromatic rings. The fraction of sp³-hybridized carbons (Fsp3) is 0.500. The summed E-state index contributed by atoms with van der Waals surface area (Å²) in [5, 5.41) is 5.26. The minimum absolute atomic E-state index is 0.0537. The summed E-state index contributed by atoms with van der Waals surface area (Å²) in [7, 11) is 0. The van der Waals surface area contributed by atoms with Gasteiger partial charge in [-0.3, -0.25) is 4.79 Å². The molecule has 0 spiro atoms. The van der Waals surface area contributed by atoms with Crippen LogP contribution in [0.2, 0.25) is 5.02 Å². The van der Waals surface area contributed by atoms with Crippen molar-refractivity contribution in [3.05, 3.63) is 46.2 Å². The summed E-state index contributed by atoms with van der Waals surface area (Å²) in [4.78, 5) is 15.1. The third-order valence-corrected chi connectivity index (χ3v) is 5.51. The zero-order valence-corrected chi connectivity index (χ0v) is 16.2. The van der Waals surface area contributed by atoms with Gasteiger partial charge in [0.2, 0.25) is 0 Å². The monoisotopic (exact) mass is 373 g/mol. The van der Waals surface area contributed by atoms with E-state index in [1.54, 1.807) is 6.20 Å². The largest absolute Gasteiger partial charge is 0.372 e. The molecule has 2 atom stereocenters. The Morgan fingerprint density at radius 1 is 1.23 bits per heavy atom. The lowest BCUT2D eigenvalue weighted by atomic mass is 10.1. The molecule has 5 nitrogen and oxygen atoms in total. The molecule has 0 bridgehead atoms. The first kappa shape index (κ1) is 17.6. The molecule has 26 heavy (non-hydrogen) atoms. The number of aryl methyl sites for hydroxylation is 1. The van der Waals surface area contributed by atoms with E-state index in [-0.39, 0.29) is 18.1 Å². The van der Waals surface area contributed by atoms with Gasteiger partial charge in [-0.2, -0.15) is 5.10 Å². The van der Waals surface area contributed by atoms with E-state index in [4.69, 9.17) is 16.3 Å². The maximum absolute atomic E-state index is 13.2. The van der Waals surface area contributed by atoms with Crippen molar-refractivity contribution in [3.63, 3.8) is 0 Å². The number of carbonyl (C=O) groups excluding carboxylic acids is 1. The van der Waals surface area contributed by atoms with Crippen LogP contribution >= 0.6 is 11.6 Å². The van der Waals surface area contributed by atoms with Crippen LogP contribution in [0.4, 0.5) is 0 Å². The summed E-state index contributed by atoms with van der Waals surface area (Å²) >= 11 is 6.30. The highest BCUT2D eigenvalue weighted by Crippen LogP contribution is 2.43. The molecule has 1 aliphatic heterocycles. The smallest absolute Gasteiger partial charge is 0.257 e. The van der Waals surface area contributed by atoms with E-state index in [9.17, 15) is 4.79 Å². The van der Waals surface area contributed by atoms with E-state index in [0.717, 1.165) is 29.8 Å². The molecule has 4 rings (SSSR count). The van der Waals surface area contributed by atoms with Crippen molar-refractivity contribution in [1.82, 2.24) is 14.7 Å². The Hall–Kier alpha value is -1.85. The van der Waals surface area contributed by atoms with Gasteiger partial charge >= 0.3 is 0 Å². The lowest BCUT2D eigenvalue weighted by Crippen LogP contribution is -2.48. The second-order valence-electron chi connectivity index (χ2n) is 7.53. The van der Waals surface area contributed by atoms with Crippen LogP contribution in [0, 0.1) is 6.92 Å². The highest BCUT2D eigenvalue weighted by atomic mass is 35.5. The number of halogens is 1. The molecule has 138 valence electrons. The van der Waals surface area contributed by atoms with Gasteiger partial charge in [-0.1, -0.05) is 17.7 Å². The Labute approximate surface area is 158 Å². The van der Waals surface area contributed by atoms with Crippen molar-refractivity contribution in [1.29, 1.82) is 0 Å². The summed E-state index contributed by atoms with van der Waals surface area (Å²) in [6, 6.07) is 5.92. The molecular weight excluding hydrogens is 350 g/mol. The SMILES string of the molecule is Cc1ccc(-n2ncc(C(=O)N3C[C@@H](C)O[C@H](C)C3)c2C2CC2)cc1Cl. The number of nitrogens with zero attached hydrogens (tertiary/aromatic N) is 3. The molecule has 1 aromatic carbocycles. The van der Waals surface area contributed by atoms with Crippen molar-refractivity contribution in [3.8, 4) is 5.69 Å². The minimum atomic E-state index is 0.0537. The van der Waals surface area contributed by atoms with Gasteiger partial charge in [-0.05, 0) is 51.3 Å². The first-order valence-electron chi connectivity index (χ1n) is 9.23. The fourth-order valence-electron chi connectivity index (χ4n) is 3.71. The highest BCUT2D eigenvalue weighted by molar-refractivity contribution is 6.31. The van der Waals surface area contributed by atoms with Crippen LogP contribution in [0.1, 0.15) is 54.2 Å². The van der Waals surface area contributed by atoms with Gasteiger partial charge in [0, 0.05) is 24.0 Å². The van der Waals surface area contributed by atoms with Gasteiger partial charge < -0.3 is 9.64 Å². The van der Waals surface area contributed by atoms with Crippen LogP contribution in [-0.4, -0.2) is 45.9 Å². The predicted octanol–water partition coefficient (Wildman–Crippen LogP) is 3.96. The number of benzene rings is 1. The zero-order valence-electron chi connectivity index (χ0n) is 15.4. The maximum atomic E-state index is 13.2. The molecule has 2 fully saturated rings. The molecule has 2 heterocycles. The lowest BCUT2D eigenvalue weighted by Gasteiger charge is -2.35. The van der Waals surface area contributed by atoms with Crippen LogP contribution in [0.15, 0.2) is 24.4 Å². The van der Waals surface area contributed by atoms with Crippen molar-refractivity contribution in [2.24, 2.45) is 0 Å². The summed E-state index contributed by atoms with van der Waals surface area (Å²) in [5.74, 6) is 0.450. The van der Waals surface area contributed by atoms with Crippen molar-refractivity contribution in [2.45, 2.75) is 51.7 Å². The summed E-state index contributed by atoms with van der Waals surface area (Å²) in [5.41, 5.74) is 3.67. The number of amides is 1. The van der Waals surface area contributed by atoms with Crippen LogP contribution in [0.5, 0.6) is 0 Å². The van der Waals surface area contributed by atoms with Gasteiger partial charge in [-0.15, -0.1) is 0 Å². The molecule has 1 aliphatic carbocycles. The minimum Gasteiger partial charge on any atom is -0.372 e. The Bertz CT molecular complexity index is 834. The number of carbonyl (C=O) groups is 1. The average molecular weight is 374 g/mol. The van der Waals surface area contributed by atoms with Gasteiger partial charge in [0.1, 0.15) is 0 Å². The molecule has 2 aliphatic rings. The van der Waals surface area contributed by atoms with Gasteiger partial charge in [0.05, 0.1) is 35.3 Å². The quantitative estimate of drug-likeness (QED) is 0.818. The highest BCUT2D eigenvalue weighted by Gasteiger charge is 2.35. The molecule has 1 amide bonds. The summed E-state index contributed by atoms with van der Waals surface area (Å²) in [6.07, 6.45) is 4.02. The van der Waals surface area contributed by atoms with E-state index in [1.165, 1.54) is 0 Å². The van der Waals surface area contributed by atoms with Crippen molar-refractivity contribution in [2.75, 3.05) is 13.1 Å². The number of morpholine rings is 1. The molecule has 0 unspecified atom stereocenters. The topological polar surface area (TPSA) is 47.4 Å². The molecule has 1 aromatic heterocycles. The maximum Gasteiger partial charge on any atom is 0.257 e. The molecule has 1 saturated carbocycles. The molecule has 0 N–H and O–H groups in total. The Kier molecular flexibility index (Phi) is 4.53. The van der Waals surface area contributed by atoms with E-state index >= 15 is 0 Å². The van der Waals surface area contributed by atoms with Gasteiger partial charge in [-0.25, -0.2) is 4.68 Å². The Balaban J connectivity index is 1.70. The van der Waals surface area contributed by atoms with Crippen LogP contribution in [0.25, 0.3) is 5.69 Å². The van der Waals surface area contributed by atoms with Crippen molar-refractivity contribution >= 4 is 17.5 Å². The standard InChI is InChI=1S/C20H24ClN3O2/c1-12-4-7-16(8-18(12)21)24-19(15-5-6-15)17(9-22-24)20(25)23-10-13(2)26-14(3)11-23/h4,7-9,13-15H,5-6,10-11H2,1-3H3/t13-,14-/m1/s1. The molecular formula is C20H24ClN3O2. The first-order valence-corrected chi connectivity index (χ1v) is 9.61. The van der Waals surface area contributed by atoms with E-state index in [1.807, 2.05) is 48.6 Å². The zero-order chi connectivity index (χ0) is 18.4. The fourth-order valence-corrected chi connectivity index (χ4v) is 3.88. The summed E-state index contributed by atoms with van der Waals surface area (Å²) < 4.78 is 7.65.